The van der Waals surface area contributed by atoms with Crippen LogP contribution in [0.1, 0.15) is 17.0 Å². The van der Waals surface area contributed by atoms with Crippen molar-refractivity contribution >= 4 is 6.09 Å². The molecule has 0 spiro atoms. The SMILES string of the molecule is CO[C@H]1CN(C(=O)OCC2c3ccccc3-c3ccccc32)[C@@H]2O[C@H](CO)[C@H](O)[C@@H]2O1. The van der Waals surface area contributed by atoms with Crippen molar-refractivity contribution in [2.45, 2.75) is 36.7 Å². The number of amides is 1. The molecule has 2 aromatic carbocycles. The van der Waals surface area contributed by atoms with Crippen LogP contribution in [0.15, 0.2) is 48.5 Å². The van der Waals surface area contributed by atoms with Crippen LogP contribution in [0.2, 0.25) is 0 Å². The van der Waals surface area contributed by atoms with Gasteiger partial charge in [-0.05, 0) is 22.3 Å². The molecule has 5 atom stereocenters. The lowest BCUT2D eigenvalue weighted by molar-refractivity contribution is -0.242. The summed E-state index contributed by atoms with van der Waals surface area (Å²) in [6, 6.07) is 16.2. The van der Waals surface area contributed by atoms with Crippen LogP contribution in [0, 0.1) is 0 Å². The highest BCUT2D eigenvalue weighted by atomic mass is 16.7. The Labute approximate surface area is 179 Å². The Balaban J connectivity index is 1.34. The van der Waals surface area contributed by atoms with Crippen LogP contribution in [0.25, 0.3) is 11.1 Å². The van der Waals surface area contributed by atoms with Crippen molar-refractivity contribution in [3.05, 3.63) is 59.7 Å². The van der Waals surface area contributed by atoms with E-state index in [9.17, 15) is 15.0 Å². The number of hydrogen-bond donors (Lipinski definition) is 2. The Hall–Kier alpha value is -2.49. The van der Waals surface area contributed by atoms with E-state index in [1.165, 1.54) is 12.0 Å². The summed E-state index contributed by atoms with van der Waals surface area (Å²) in [5.74, 6) is -0.0633. The smallest absolute Gasteiger partial charge is 0.412 e. The van der Waals surface area contributed by atoms with E-state index in [2.05, 4.69) is 24.3 Å². The minimum absolute atomic E-state index is 0.0633. The standard InChI is InChI=1S/C23H25NO7/c1-28-19-10-24(22-21(31-19)20(26)18(11-25)30-22)23(27)29-12-17-15-8-4-2-6-13(15)14-7-3-5-9-16(14)17/h2-9,17-22,25-26H,10-12H2,1H3/t18-,19-,20+,21+,22-/m1/s1. The third kappa shape index (κ3) is 3.40. The molecule has 164 valence electrons. The number of hydrogen-bond acceptors (Lipinski definition) is 7. The molecule has 8 heteroatoms. The largest absolute Gasteiger partial charge is 0.448 e. The van der Waals surface area contributed by atoms with Gasteiger partial charge in [0.1, 0.15) is 24.9 Å². The van der Waals surface area contributed by atoms with E-state index in [0.717, 1.165) is 22.3 Å². The van der Waals surface area contributed by atoms with Crippen LogP contribution in [0.5, 0.6) is 0 Å². The van der Waals surface area contributed by atoms with Crippen molar-refractivity contribution < 1.29 is 34.0 Å². The first-order chi connectivity index (χ1) is 15.1. The van der Waals surface area contributed by atoms with Crippen LogP contribution in [-0.2, 0) is 18.9 Å². The second-order valence-electron chi connectivity index (χ2n) is 7.96. The predicted molar refractivity (Wildman–Crippen MR) is 109 cm³/mol. The van der Waals surface area contributed by atoms with E-state index in [4.69, 9.17) is 18.9 Å². The molecule has 0 unspecified atom stereocenters. The summed E-state index contributed by atoms with van der Waals surface area (Å²) in [7, 11) is 1.46. The molecule has 2 N–H and O–H groups in total. The van der Waals surface area contributed by atoms with Crippen molar-refractivity contribution in [3.63, 3.8) is 0 Å². The topological polar surface area (TPSA) is 97.7 Å². The molecule has 0 saturated carbocycles. The number of methoxy groups -OCH3 is 1. The molecule has 3 aliphatic rings. The molecule has 2 fully saturated rings. The molecule has 0 radical (unpaired) electrons. The van der Waals surface area contributed by atoms with Gasteiger partial charge in [-0.2, -0.15) is 0 Å². The van der Waals surface area contributed by atoms with Crippen molar-refractivity contribution in [1.82, 2.24) is 4.90 Å². The van der Waals surface area contributed by atoms with Gasteiger partial charge in [0.25, 0.3) is 0 Å². The van der Waals surface area contributed by atoms with Gasteiger partial charge < -0.3 is 29.2 Å². The van der Waals surface area contributed by atoms with Crippen molar-refractivity contribution in [3.8, 4) is 11.1 Å². The van der Waals surface area contributed by atoms with Crippen LogP contribution < -0.4 is 0 Å². The quantitative estimate of drug-likeness (QED) is 0.766. The van der Waals surface area contributed by atoms with E-state index in [0.29, 0.717) is 0 Å². The monoisotopic (exact) mass is 427 g/mol. The first kappa shape index (κ1) is 20.4. The zero-order chi connectivity index (χ0) is 21.5. The first-order valence-corrected chi connectivity index (χ1v) is 10.4. The minimum atomic E-state index is -1.07. The fraction of sp³-hybridized carbons (Fsp3) is 0.435. The molecule has 1 aliphatic carbocycles. The lowest BCUT2D eigenvalue weighted by atomic mass is 9.98. The molecule has 2 aliphatic heterocycles. The average Bonchev–Trinajstić information content (AvgIpc) is 3.31. The van der Waals surface area contributed by atoms with Gasteiger partial charge in [-0.1, -0.05) is 48.5 Å². The van der Waals surface area contributed by atoms with Crippen molar-refractivity contribution in [1.29, 1.82) is 0 Å². The number of carbonyl (C=O) groups excluding carboxylic acids is 1. The Bertz CT molecular complexity index is 921. The second-order valence-corrected chi connectivity index (χ2v) is 7.96. The summed E-state index contributed by atoms with van der Waals surface area (Å²) in [5, 5.41) is 19.8. The highest BCUT2D eigenvalue weighted by molar-refractivity contribution is 5.79. The van der Waals surface area contributed by atoms with E-state index < -0.39 is 36.9 Å². The predicted octanol–water partition coefficient (Wildman–Crippen LogP) is 1.69. The van der Waals surface area contributed by atoms with Crippen molar-refractivity contribution in [2.24, 2.45) is 0 Å². The Morgan fingerprint density at radius 2 is 1.74 bits per heavy atom. The lowest BCUT2D eigenvalue weighted by Gasteiger charge is -2.39. The molecule has 0 bridgehead atoms. The Kier molecular flexibility index (Phi) is 5.41. The molecule has 0 aromatic heterocycles. The number of aliphatic hydroxyl groups excluding tert-OH is 2. The van der Waals surface area contributed by atoms with Gasteiger partial charge in [-0.15, -0.1) is 0 Å². The first-order valence-electron chi connectivity index (χ1n) is 10.4. The second kappa shape index (κ2) is 8.22. The highest BCUT2D eigenvalue weighted by Crippen LogP contribution is 2.44. The molecule has 31 heavy (non-hydrogen) atoms. The fourth-order valence-electron chi connectivity index (χ4n) is 4.74. The van der Waals surface area contributed by atoms with Gasteiger partial charge in [0.2, 0.25) is 0 Å². The highest BCUT2D eigenvalue weighted by Gasteiger charge is 2.53. The third-order valence-electron chi connectivity index (χ3n) is 6.29. The maximum absolute atomic E-state index is 13.1. The summed E-state index contributed by atoms with van der Waals surface area (Å²) >= 11 is 0. The third-order valence-corrected chi connectivity index (χ3v) is 6.29. The number of benzene rings is 2. The maximum atomic E-state index is 13.1. The number of nitrogens with zero attached hydrogens (tertiary/aromatic N) is 1. The Morgan fingerprint density at radius 1 is 1.10 bits per heavy atom. The maximum Gasteiger partial charge on any atom is 0.412 e. The van der Waals surface area contributed by atoms with E-state index >= 15 is 0 Å². The van der Waals surface area contributed by atoms with Crippen LogP contribution in [0.3, 0.4) is 0 Å². The number of fused-ring (bicyclic) bond motifs is 4. The fourth-order valence-corrected chi connectivity index (χ4v) is 4.74. The normalized spacial score (nSPS) is 29.4. The lowest BCUT2D eigenvalue weighted by Crippen LogP contribution is -2.58. The van der Waals surface area contributed by atoms with Crippen LogP contribution in [-0.4, -0.2) is 78.9 Å². The van der Waals surface area contributed by atoms with E-state index in [1.807, 2.05) is 24.3 Å². The van der Waals surface area contributed by atoms with Gasteiger partial charge in [-0.25, -0.2) is 4.79 Å². The molecule has 2 saturated heterocycles. The number of carbonyl (C=O) groups is 1. The summed E-state index contributed by atoms with van der Waals surface area (Å²) in [6.07, 6.45) is -4.89. The molecule has 2 heterocycles. The van der Waals surface area contributed by atoms with Crippen molar-refractivity contribution in [2.75, 3.05) is 26.9 Å². The van der Waals surface area contributed by atoms with Crippen LogP contribution >= 0.6 is 0 Å². The van der Waals surface area contributed by atoms with Gasteiger partial charge in [0.15, 0.2) is 12.5 Å². The zero-order valence-electron chi connectivity index (χ0n) is 17.1. The Morgan fingerprint density at radius 3 is 2.35 bits per heavy atom. The van der Waals surface area contributed by atoms with Gasteiger partial charge in [-0.3, -0.25) is 4.90 Å². The van der Waals surface area contributed by atoms with Gasteiger partial charge in [0.05, 0.1) is 13.2 Å². The molecular weight excluding hydrogens is 402 g/mol. The molecule has 1 amide bonds. The number of aliphatic hydroxyl groups is 2. The molecule has 8 nitrogen and oxygen atoms in total. The number of rotatable bonds is 4. The van der Waals surface area contributed by atoms with Gasteiger partial charge >= 0.3 is 6.09 Å². The molecule has 2 aromatic rings. The summed E-state index contributed by atoms with van der Waals surface area (Å²) in [5.41, 5.74) is 4.55. The summed E-state index contributed by atoms with van der Waals surface area (Å²) in [6.45, 7) is -0.113. The van der Waals surface area contributed by atoms with E-state index in [1.54, 1.807) is 0 Å². The van der Waals surface area contributed by atoms with E-state index in [-0.39, 0.29) is 25.7 Å². The number of ether oxygens (including phenoxy) is 4. The zero-order valence-corrected chi connectivity index (χ0v) is 17.1. The van der Waals surface area contributed by atoms with Crippen LogP contribution in [0.4, 0.5) is 4.79 Å². The minimum Gasteiger partial charge on any atom is -0.448 e. The average molecular weight is 427 g/mol. The van der Waals surface area contributed by atoms with Gasteiger partial charge in [0, 0.05) is 13.0 Å². The molecular formula is C23H25NO7. The molecule has 5 rings (SSSR count). The summed E-state index contributed by atoms with van der Waals surface area (Å²) < 4.78 is 22.4. The summed E-state index contributed by atoms with van der Waals surface area (Å²) in [4.78, 5) is 14.4. The number of morpholine rings is 1.